The van der Waals surface area contributed by atoms with Crippen molar-refractivity contribution < 1.29 is 0 Å². The predicted molar refractivity (Wildman–Crippen MR) is 122 cm³/mol. The fraction of sp³-hybridized carbons (Fsp3) is 0.789. The van der Waals surface area contributed by atoms with Gasteiger partial charge in [0.05, 0.1) is 10.7 Å². The summed E-state index contributed by atoms with van der Waals surface area (Å²) in [4.78, 5) is 15.9. The van der Waals surface area contributed by atoms with Crippen molar-refractivity contribution in [2.45, 2.75) is 46.5 Å². The zero-order chi connectivity index (χ0) is 17.6. The fourth-order valence-corrected chi connectivity index (χ4v) is 4.92. The molecule has 7 heteroatoms. The van der Waals surface area contributed by atoms with Gasteiger partial charge in [0.2, 0.25) is 0 Å². The van der Waals surface area contributed by atoms with Gasteiger partial charge in [-0.2, -0.15) is 0 Å². The highest BCUT2D eigenvalue weighted by Crippen LogP contribution is 2.20. The second-order valence-corrected chi connectivity index (χ2v) is 8.62. The van der Waals surface area contributed by atoms with Crippen molar-refractivity contribution >= 4 is 41.3 Å². The van der Waals surface area contributed by atoms with Crippen LogP contribution in [0, 0.1) is 19.8 Å². The molecule has 1 aromatic heterocycles. The van der Waals surface area contributed by atoms with Crippen LogP contribution >= 0.6 is 35.3 Å². The molecular weight excluding hydrogens is 457 g/mol. The van der Waals surface area contributed by atoms with E-state index in [1.54, 1.807) is 0 Å². The molecule has 0 saturated carbocycles. The molecule has 1 unspecified atom stereocenters. The molecule has 1 aromatic rings. The Morgan fingerprint density at radius 2 is 2.04 bits per heavy atom. The highest BCUT2D eigenvalue weighted by Gasteiger charge is 2.27. The number of nitrogens with zero attached hydrogens (tertiary/aromatic N) is 4. The van der Waals surface area contributed by atoms with Crippen molar-refractivity contribution in [1.29, 1.82) is 0 Å². The summed E-state index contributed by atoms with van der Waals surface area (Å²) in [5.41, 5.74) is 1.18. The molecule has 0 amide bonds. The molecule has 0 aliphatic carbocycles. The van der Waals surface area contributed by atoms with Crippen LogP contribution in [0.15, 0.2) is 4.99 Å². The van der Waals surface area contributed by atoms with Gasteiger partial charge in [0.25, 0.3) is 0 Å². The summed E-state index contributed by atoms with van der Waals surface area (Å²) in [6, 6.07) is 0. The molecule has 2 fully saturated rings. The fourth-order valence-electron chi connectivity index (χ4n) is 4.00. The molecule has 1 N–H and O–H groups in total. The van der Waals surface area contributed by atoms with Crippen LogP contribution in [0.25, 0.3) is 0 Å². The lowest BCUT2D eigenvalue weighted by molar-refractivity contribution is 0.281. The minimum atomic E-state index is 0. The van der Waals surface area contributed by atoms with Gasteiger partial charge in [0, 0.05) is 44.0 Å². The van der Waals surface area contributed by atoms with Crippen molar-refractivity contribution in [1.82, 2.24) is 20.1 Å². The Kier molecular flexibility index (Phi) is 9.09. The Morgan fingerprint density at radius 3 is 2.69 bits per heavy atom. The number of likely N-dealkylation sites (tertiary alicyclic amines) is 2. The highest BCUT2D eigenvalue weighted by atomic mass is 127. The number of guanidine groups is 1. The van der Waals surface area contributed by atoms with E-state index in [0.29, 0.717) is 0 Å². The molecule has 26 heavy (non-hydrogen) atoms. The van der Waals surface area contributed by atoms with E-state index in [1.165, 1.54) is 49.5 Å². The number of aryl methyl sites for hydroxylation is 2. The van der Waals surface area contributed by atoms with Gasteiger partial charge in [-0.1, -0.05) is 0 Å². The number of rotatable bonds is 6. The maximum atomic E-state index is 4.90. The van der Waals surface area contributed by atoms with Gasteiger partial charge in [-0.15, -0.1) is 35.3 Å². The third-order valence-corrected chi connectivity index (χ3v) is 6.37. The van der Waals surface area contributed by atoms with Gasteiger partial charge in [-0.05, 0) is 59.0 Å². The minimum Gasteiger partial charge on any atom is -0.357 e. The van der Waals surface area contributed by atoms with Crippen LogP contribution in [0.1, 0.15) is 41.8 Å². The number of thiazole rings is 1. The van der Waals surface area contributed by atoms with E-state index in [4.69, 9.17) is 4.99 Å². The van der Waals surface area contributed by atoms with E-state index >= 15 is 0 Å². The molecule has 0 radical (unpaired) electrons. The number of nitrogens with one attached hydrogen (secondary N) is 1. The van der Waals surface area contributed by atoms with E-state index in [0.717, 1.165) is 49.5 Å². The summed E-state index contributed by atoms with van der Waals surface area (Å²) >= 11 is 1.81. The van der Waals surface area contributed by atoms with Gasteiger partial charge in [-0.3, -0.25) is 4.99 Å². The van der Waals surface area contributed by atoms with E-state index in [-0.39, 0.29) is 24.0 Å². The summed E-state index contributed by atoms with van der Waals surface area (Å²) in [5, 5.41) is 4.65. The van der Waals surface area contributed by atoms with Crippen LogP contribution in [-0.4, -0.2) is 66.6 Å². The Labute approximate surface area is 179 Å². The number of hydrogen-bond donors (Lipinski definition) is 1. The number of hydrogen-bond acceptors (Lipinski definition) is 4. The molecule has 0 aromatic carbocycles. The molecule has 2 aliphatic rings. The van der Waals surface area contributed by atoms with Crippen LogP contribution in [0.4, 0.5) is 0 Å². The van der Waals surface area contributed by atoms with Gasteiger partial charge in [0.1, 0.15) is 0 Å². The largest absolute Gasteiger partial charge is 0.357 e. The first-order valence-corrected chi connectivity index (χ1v) is 10.7. The molecule has 2 aliphatic heterocycles. The molecule has 3 rings (SSSR count). The minimum absolute atomic E-state index is 0. The van der Waals surface area contributed by atoms with Gasteiger partial charge in [0.15, 0.2) is 5.96 Å². The first kappa shape index (κ1) is 21.9. The average Bonchev–Trinajstić information content (AvgIpc) is 3.30. The molecule has 3 heterocycles. The van der Waals surface area contributed by atoms with Crippen molar-refractivity contribution in [3.8, 4) is 0 Å². The second kappa shape index (κ2) is 10.8. The van der Waals surface area contributed by atoms with Crippen LogP contribution in [0.2, 0.25) is 0 Å². The first-order chi connectivity index (χ1) is 12.2. The monoisotopic (exact) mass is 491 g/mol. The third-order valence-electron chi connectivity index (χ3n) is 5.24. The van der Waals surface area contributed by atoms with Crippen LogP contribution < -0.4 is 5.32 Å². The number of halogens is 1. The number of aromatic nitrogens is 1. The van der Waals surface area contributed by atoms with Crippen molar-refractivity contribution in [3.05, 3.63) is 15.6 Å². The molecule has 0 bridgehead atoms. The smallest absolute Gasteiger partial charge is 0.193 e. The first-order valence-electron chi connectivity index (χ1n) is 9.84. The molecule has 5 nitrogen and oxygen atoms in total. The van der Waals surface area contributed by atoms with E-state index in [1.807, 2.05) is 11.3 Å². The molecule has 2 saturated heterocycles. The van der Waals surface area contributed by atoms with E-state index < -0.39 is 0 Å². The summed E-state index contributed by atoms with van der Waals surface area (Å²) < 4.78 is 0. The SMILES string of the molecule is CCNC(=NCCc1sc(C)nc1C)N1CCC(CN2CCCC2)C1.I. The lowest BCUT2D eigenvalue weighted by Gasteiger charge is -2.23. The quantitative estimate of drug-likeness (QED) is 0.377. The van der Waals surface area contributed by atoms with Crippen molar-refractivity contribution in [3.63, 3.8) is 0 Å². The Hall–Kier alpha value is -0.410. The summed E-state index contributed by atoms with van der Waals surface area (Å²) in [7, 11) is 0. The van der Waals surface area contributed by atoms with E-state index in [2.05, 4.69) is 40.9 Å². The van der Waals surface area contributed by atoms with Gasteiger partial charge < -0.3 is 15.1 Å². The van der Waals surface area contributed by atoms with E-state index in [9.17, 15) is 0 Å². The Morgan fingerprint density at radius 1 is 1.27 bits per heavy atom. The van der Waals surface area contributed by atoms with Crippen LogP contribution in [0.3, 0.4) is 0 Å². The highest BCUT2D eigenvalue weighted by molar-refractivity contribution is 14.0. The lowest BCUT2D eigenvalue weighted by atomic mass is 10.1. The van der Waals surface area contributed by atoms with Crippen molar-refractivity contribution in [2.75, 3.05) is 45.8 Å². The molecule has 0 spiro atoms. The van der Waals surface area contributed by atoms with Crippen molar-refractivity contribution in [2.24, 2.45) is 10.9 Å². The Bertz CT molecular complexity index is 582. The predicted octanol–water partition coefficient (Wildman–Crippen LogP) is 3.30. The standard InChI is InChI=1S/C19H33N5S.HI/c1-4-20-19(21-9-7-18-15(2)22-16(3)25-18)24-12-8-17(14-24)13-23-10-5-6-11-23;/h17H,4-14H2,1-3H3,(H,20,21);1H. The zero-order valence-electron chi connectivity index (χ0n) is 16.5. The Balaban J connectivity index is 0.00000243. The topological polar surface area (TPSA) is 43.8 Å². The maximum absolute atomic E-state index is 4.90. The van der Waals surface area contributed by atoms with Gasteiger partial charge >= 0.3 is 0 Å². The zero-order valence-corrected chi connectivity index (χ0v) is 19.6. The summed E-state index contributed by atoms with van der Waals surface area (Å²) in [6.07, 6.45) is 5.07. The normalized spacial score (nSPS) is 21.3. The lowest BCUT2D eigenvalue weighted by Crippen LogP contribution is -2.41. The van der Waals surface area contributed by atoms with Crippen LogP contribution in [-0.2, 0) is 6.42 Å². The number of aliphatic imine (C=N–C) groups is 1. The molecule has 148 valence electrons. The third kappa shape index (κ3) is 6.05. The summed E-state index contributed by atoms with van der Waals surface area (Å²) in [5.74, 6) is 1.90. The molecule has 1 atom stereocenters. The maximum Gasteiger partial charge on any atom is 0.193 e. The summed E-state index contributed by atoms with van der Waals surface area (Å²) in [6.45, 7) is 14.3. The average molecular weight is 491 g/mol. The van der Waals surface area contributed by atoms with Crippen LogP contribution in [0.5, 0.6) is 0 Å². The molecular formula is C19H34IN5S. The second-order valence-electron chi connectivity index (χ2n) is 7.34. The van der Waals surface area contributed by atoms with Gasteiger partial charge in [-0.25, -0.2) is 4.98 Å².